The van der Waals surface area contributed by atoms with Gasteiger partial charge >= 0.3 is 0 Å². The largest absolute Gasteiger partial charge is 0.398 e. The van der Waals surface area contributed by atoms with Crippen molar-refractivity contribution in [3.05, 3.63) is 46.2 Å². The second kappa shape index (κ2) is 5.73. The number of thiophene rings is 1. The molecule has 1 aromatic heterocycles. The third-order valence-corrected chi connectivity index (χ3v) is 4.81. The van der Waals surface area contributed by atoms with Crippen molar-refractivity contribution in [3.8, 4) is 0 Å². The van der Waals surface area contributed by atoms with Crippen molar-refractivity contribution >= 4 is 26.9 Å². The van der Waals surface area contributed by atoms with Gasteiger partial charge in [-0.15, -0.1) is 11.3 Å². The van der Waals surface area contributed by atoms with E-state index in [1.165, 1.54) is 6.26 Å². The predicted octanol–water partition coefficient (Wildman–Crippen LogP) is 2.02. The van der Waals surface area contributed by atoms with Gasteiger partial charge in [0.15, 0.2) is 9.84 Å². The van der Waals surface area contributed by atoms with E-state index in [0.717, 1.165) is 22.7 Å². The summed E-state index contributed by atoms with van der Waals surface area (Å²) in [5, 5.41) is 5.25. The quantitative estimate of drug-likeness (QED) is 0.885. The molecule has 0 aliphatic carbocycles. The summed E-state index contributed by atoms with van der Waals surface area (Å²) < 4.78 is 22.6. The Labute approximate surface area is 117 Å². The lowest BCUT2D eigenvalue weighted by Gasteiger charge is -2.05. The zero-order valence-electron chi connectivity index (χ0n) is 10.6. The molecule has 0 unspecified atom stereocenters. The van der Waals surface area contributed by atoms with Crippen molar-refractivity contribution in [2.45, 2.75) is 18.0 Å². The first-order chi connectivity index (χ1) is 8.97. The molecule has 0 radical (unpaired) electrons. The number of sulfone groups is 1. The molecule has 1 aromatic carbocycles. The lowest BCUT2D eigenvalue weighted by Crippen LogP contribution is -2.12. The van der Waals surface area contributed by atoms with Crippen LogP contribution in [0.15, 0.2) is 40.6 Å². The van der Waals surface area contributed by atoms with Crippen molar-refractivity contribution in [1.29, 1.82) is 0 Å². The summed E-state index contributed by atoms with van der Waals surface area (Å²) in [5.74, 6) is 0. The topological polar surface area (TPSA) is 72.2 Å². The number of benzene rings is 1. The lowest BCUT2D eigenvalue weighted by molar-refractivity contribution is 0.602. The summed E-state index contributed by atoms with van der Waals surface area (Å²) >= 11 is 1.62. The summed E-state index contributed by atoms with van der Waals surface area (Å²) in [6.45, 7) is 1.40. The number of hydrogen-bond acceptors (Lipinski definition) is 5. The van der Waals surface area contributed by atoms with Gasteiger partial charge in [-0.25, -0.2) is 8.42 Å². The maximum absolute atomic E-state index is 11.3. The minimum absolute atomic E-state index is 0.346. The molecule has 0 fully saturated rings. The van der Waals surface area contributed by atoms with E-state index in [2.05, 4.69) is 5.32 Å². The Morgan fingerprint density at radius 1 is 1.16 bits per heavy atom. The summed E-state index contributed by atoms with van der Waals surface area (Å²) in [5.41, 5.74) is 7.65. The zero-order chi connectivity index (χ0) is 13.9. The summed E-state index contributed by atoms with van der Waals surface area (Å²) in [4.78, 5) is 1.46. The van der Waals surface area contributed by atoms with Crippen LogP contribution in [0, 0.1) is 0 Å². The molecule has 19 heavy (non-hydrogen) atoms. The van der Waals surface area contributed by atoms with Crippen LogP contribution in [0.2, 0.25) is 0 Å². The van der Waals surface area contributed by atoms with E-state index in [1.807, 2.05) is 23.6 Å². The fraction of sp³-hybridized carbons (Fsp3) is 0.231. The Bertz CT molecular complexity index is 646. The van der Waals surface area contributed by atoms with Gasteiger partial charge in [0, 0.05) is 29.9 Å². The maximum Gasteiger partial charge on any atom is 0.175 e. The fourth-order valence-electron chi connectivity index (χ4n) is 1.67. The van der Waals surface area contributed by atoms with Gasteiger partial charge in [0.25, 0.3) is 0 Å². The normalized spacial score (nSPS) is 11.6. The average molecular weight is 296 g/mol. The third kappa shape index (κ3) is 3.79. The molecule has 0 aliphatic heterocycles. The molecule has 2 rings (SSSR count). The van der Waals surface area contributed by atoms with E-state index in [9.17, 15) is 8.42 Å². The van der Waals surface area contributed by atoms with E-state index >= 15 is 0 Å². The van der Waals surface area contributed by atoms with E-state index in [4.69, 9.17) is 5.73 Å². The standard InChI is InChI=1S/C13H16N2O2S2/c1-19(16,17)11-4-2-10(3-5-11)8-15-9-13-12(14)6-7-18-13/h2-7,15H,8-9,14H2,1H3. The molecule has 3 N–H and O–H groups in total. The average Bonchev–Trinajstić information content (AvgIpc) is 2.75. The number of nitrogens with one attached hydrogen (secondary N) is 1. The lowest BCUT2D eigenvalue weighted by atomic mass is 10.2. The Morgan fingerprint density at radius 2 is 1.84 bits per heavy atom. The van der Waals surface area contributed by atoms with Gasteiger partial charge in [0.2, 0.25) is 0 Å². The molecule has 0 saturated carbocycles. The first-order valence-electron chi connectivity index (χ1n) is 5.78. The third-order valence-electron chi connectivity index (χ3n) is 2.75. The fourth-order valence-corrected chi connectivity index (χ4v) is 3.07. The number of rotatable bonds is 5. The highest BCUT2D eigenvalue weighted by atomic mass is 32.2. The van der Waals surface area contributed by atoms with Crippen molar-refractivity contribution in [2.24, 2.45) is 0 Å². The summed E-state index contributed by atoms with van der Waals surface area (Å²) in [6.07, 6.45) is 1.21. The van der Waals surface area contributed by atoms with Crippen LogP contribution in [0.1, 0.15) is 10.4 Å². The van der Waals surface area contributed by atoms with Crippen LogP contribution < -0.4 is 11.1 Å². The van der Waals surface area contributed by atoms with Crippen molar-refractivity contribution < 1.29 is 8.42 Å². The van der Waals surface area contributed by atoms with Crippen LogP contribution in [0.25, 0.3) is 0 Å². The van der Waals surface area contributed by atoms with E-state index < -0.39 is 9.84 Å². The monoisotopic (exact) mass is 296 g/mol. The van der Waals surface area contributed by atoms with Gasteiger partial charge in [-0.3, -0.25) is 0 Å². The SMILES string of the molecule is CS(=O)(=O)c1ccc(CNCc2sccc2N)cc1. The Hall–Kier alpha value is -1.37. The van der Waals surface area contributed by atoms with Gasteiger partial charge < -0.3 is 11.1 Å². The van der Waals surface area contributed by atoms with Crippen LogP contribution in [-0.4, -0.2) is 14.7 Å². The molecule has 102 valence electrons. The van der Waals surface area contributed by atoms with Crippen LogP contribution in [-0.2, 0) is 22.9 Å². The molecular weight excluding hydrogens is 280 g/mol. The predicted molar refractivity (Wildman–Crippen MR) is 78.8 cm³/mol. The first kappa shape index (κ1) is 14.0. The van der Waals surface area contributed by atoms with Crippen molar-refractivity contribution in [1.82, 2.24) is 5.32 Å². The molecule has 6 heteroatoms. The Kier molecular flexibility index (Phi) is 4.24. The molecule has 0 atom stereocenters. The number of hydrogen-bond donors (Lipinski definition) is 2. The van der Waals surface area contributed by atoms with Crippen LogP contribution in [0.5, 0.6) is 0 Å². The van der Waals surface area contributed by atoms with Gasteiger partial charge in [-0.2, -0.15) is 0 Å². The molecule has 0 saturated heterocycles. The van der Waals surface area contributed by atoms with Crippen LogP contribution in [0.3, 0.4) is 0 Å². The van der Waals surface area contributed by atoms with Gasteiger partial charge in [0.05, 0.1) is 4.90 Å². The van der Waals surface area contributed by atoms with Crippen LogP contribution >= 0.6 is 11.3 Å². The highest BCUT2D eigenvalue weighted by molar-refractivity contribution is 7.90. The van der Waals surface area contributed by atoms with Crippen molar-refractivity contribution in [2.75, 3.05) is 12.0 Å². The second-order valence-electron chi connectivity index (χ2n) is 4.32. The molecule has 2 aromatic rings. The molecule has 0 aliphatic rings. The summed E-state index contributed by atoms with van der Waals surface area (Å²) in [6, 6.07) is 8.79. The number of anilines is 1. The number of nitrogens with two attached hydrogens (primary N) is 1. The number of nitrogen functional groups attached to an aromatic ring is 1. The smallest absolute Gasteiger partial charge is 0.175 e. The molecular formula is C13H16N2O2S2. The molecule has 0 spiro atoms. The van der Waals surface area contributed by atoms with E-state index in [-0.39, 0.29) is 0 Å². The second-order valence-corrected chi connectivity index (χ2v) is 7.34. The van der Waals surface area contributed by atoms with Crippen molar-refractivity contribution in [3.63, 3.8) is 0 Å². The highest BCUT2D eigenvalue weighted by Gasteiger charge is 2.06. The van der Waals surface area contributed by atoms with Gasteiger partial charge in [-0.05, 0) is 29.1 Å². The maximum atomic E-state index is 11.3. The molecule has 0 amide bonds. The highest BCUT2D eigenvalue weighted by Crippen LogP contribution is 2.18. The van der Waals surface area contributed by atoms with Crippen LogP contribution in [0.4, 0.5) is 5.69 Å². The van der Waals surface area contributed by atoms with E-state index in [1.54, 1.807) is 23.5 Å². The Morgan fingerprint density at radius 3 is 2.37 bits per heavy atom. The van der Waals surface area contributed by atoms with E-state index in [0.29, 0.717) is 11.4 Å². The zero-order valence-corrected chi connectivity index (χ0v) is 12.2. The first-order valence-corrected chi connectivity index (χ1v) is 8.55. The molecule has 0 bridgehead atoms. The molecule has 1 heterocycles. The van der Waals surface area contributed by atoms with Gasteiger partial charge in [0.1, 0.15) is 0 Å². The molecule has 4 nitrogen and oxygen atoms in total. The minimum Gasteiger partial charge on any atom is -0.398 e. The van der Waals surface area contributed by atoms with Gasteiger partial charge in [-0.1, -0.05) is 12.1 Å². The Balaban J connectivity index is 1.92. The summed E-state index contributed by atoms with van der Waals surface area (Å²) in [7, 11) is -3.12. The minimum atomic E-state index is -3.12.